The highest BCUT2D eigenvalue weighted by molar-refractivity contribution is 5.79. The Labute approximate surface area is 175 Å². The molecule has 1 amide bonds. The molecule has 8 heteroatoms. The van der Waals surface area contributed by atoms with Crippen molar-refractivity contribution in [3.63, 3.8) is 0 Å². The minimum absolute atomic E-state index is 0.397. The van der Waals surface area contributed by atoms with Crippen molar-refractivity contribution in [2.45, 2.75) is 39.3 Å². The molecular formula is C21H37N5O3. The van der Waals surface area contributed by atoms with E-state index in [1.54, 1.807) is 7.05 Å². The fourth-order valence-electron chi connectivity index (χ4n) is 2.33. The molecule has 0 radical (unpaired) electrons. The molecule has 164 valence electrons. The summed E-state index contributed by atoms with van der Waals surface area (Å²) in [6.45, 7) is 8.84. The largest absolute Gasteiger partial charge is 0.492 e. The lowest BCUT2D eigenvalue weighted by atomic mass is 10.2. The van der Waals surface area contributed by atoms with Gasteiger partial charge in [0.05, 0.1) is 0 Å². The number of aliphatic imine (C=N–C) groups is 1. The first kappa shape index (κ1) is 24.6. The summed E-state index contributed by atoms with van der Waals surface area (Å²) >= 11 is 0. The fourth-order valence-corrected chi connectivity index (χ4v) is 2.33. The molecule has 1 rings (SSSR count). The maximum Gasteiger partial charge on any atom is 0.407 e. The summed E-state index contributed by atoms with van der Waals surface area (Å²) in [5.41, 5.74) is 0.585. The van der Waals surface area contributed by atoms with Gasteiger partial charge in [0.2, 0.25) is 0 Å². The number of likely N-dealkylation sites (N-methyl/N-ethyl adjacent to an activating group) is 1. The Bertz CT molecular complexity index is 641. The van der Waals surface area contributed by atoms with Gasteiger partial charge in [-0.05, 0) is 47.4 Å². The molecule has 0 atom stereocenters. The van der Waals surface area contributed by atoms with Gasteiger partial charge in [-0.3, -0.25) is 4.99 Å². The Morgan fingerprint density at radius 3 is 2.45 bits per heavy atom. The Morgan fingerprint density at radius 2 is 1.79 bits per heavy atom. The topological polar surface area (TPSA) is 87.2 Å². The number of alkyl carbamates (subject to hydrolysis) is 1. The van der Waals surface area contributed by atoms with Crippen LogP contribution in [0.15, 0.2) is 29.3 Å². The molecule has 8 nitrogen and oxygen atoms in total. The lowest BCUT2D eigenvalue weighted by Gasteiger charge is -2.19. The van der Waals surface area contributed by atoms with Gasteiger partial charge in [0.15, 0.2) is 5.96 Å². The fraction of sp³-hybridized carbons (Fsp3) is 0.619. The monoisotopic (exact) mass is 407 g/mol. The molecule has 0 fully saturated rings. The average Bonchev–Trinajstić information content (AvgIpc) is 2.63. The second-order valence-corrected chi connectivity index (χ2v) is 7.89. The molecule has 0 aliphatic carbocycles. The highest BCUT2D eigenvalue weighted by atomic mass is 16.6. The van der Waals surface area contributed by atoms with Crippen LogP contribution in [0.25, 0.3) is 0 Å². The van der Waals surface area contributed by atoms with E-state index in [1.165, 1.54) is 0 Å². The number of nitrogens with one attached hydrogen (secondary N) is 3. The van der Waals surface area contributed by atoms with Gasteiger partial charge in [0.1, 0.15) is 18.0 Å². The minimum atomic E-state index is -0.485. The van der Waals surface area contributed by atoms with E-state index in [2.05, 4.69) is 25.8 Å². The number of carbonyl (C=O) groups excluding carboxylic acids is 1. The molecule has 0 unspecified atom stereocenters. The molecule has 1 aromatic carbocycles. The number of benzene rings is 1. The zero-order chi connectivity index (χ0) is 21.7. The number of carbonyl (C=O) groups is 1. The lowest BCUT2D eigenvalue weighted by molar-refractivity contribution is 0.0527. The molecule has 0 saturated heterocycles. The van der Waals surface area contributed by atoms with Crippen molar-refractivity contribution in [1.82, 2.24) is 20.9 Å². The molecule has 0 aromatic heterocycles. The van der Waals surface area contributed by atoms with E-state index in [9.17, 15) is 4.79 Å². The summed E-state index contributed by atoms with van der Waals surface area (Å²) in [5, 5.41) is 9.27. The number of nitrogens with zero attached hydrogens (tertiary/aromatic N) is 2. The van der Waals surface area contributed by atoms with Crippen molar-refractivity contribution in [2.24, 2.45) is 4.99 Å². The number of amides is 1. The summed E-state index contributed by atoms with van der Waals surface area (Å²) < 4.78 is 11.1. The first-order valence-electron chi connectivity index (χ1n) is 9.98. The molecular weight excluding hydrogens is 370 g/mol. The van der Waals surface area contributed by atoms with Crippen molar-refractivity contribution in [2.75, 3.05) is 47.4 Å². The Hall–Kier alpha value is -2.48. The number of hydrogen-bond donors (Lipinski definition) is 3. The molecule has 0 aliphatic heterocycles. The summed E-state index contributed by atoms with van der Waals surface area (Å²) in [4.78, 5) is 17.9. The van der Waals surface area contributed by atoms with Crippen LogP contribution in [0.2, 0.25) is 0 Å². The van der Waals surface area contributed by atoms with Gasteiger partial charge < -0.3 is 30.3 Å². The van der Waals surface area contributed by atoms with Gasteiger partial charge >= 0.3 is 6.09 Å². The number of hydrogen-bond acceptors (Lipinski definition) is 5. The molecule has 0 saturated carbocycles. The van der Waals surface area contributed by atoms with Gasteiger partial charge in [0, 0.05) is 38.8 Å². The van der Waals surface area contributed by atoms with Crippen molar-refractivity contribution in [3.8, 4) is 5.75 Å². The normalized spacial score (nSPS) is 11.9. The van der Waals surface area contributed by atoms with Crippen LogP contribution >= 0.6 is 0 Å². The average molecular weight is 408 g/mol. The van der Waals surface area contributed by atoms with Gasteiger partial charge in [-0.2, -0.15) is 0 Å². The predicted molar refractivity (Wildman–Crippen MR) is 118 cm³/mol. The van der Waals surface area contributed by atoms with Crippen molar-refractivity contribution in [1.29, 1.82) is 0 Å². The van der Waals surface area contributed by atoms with E-state index in [0.29, 0.717) is 32.2 Å². The Kier molecular flexibility index (Phi) is 10.9. The maximum absolute atomic E-state index is 11.6. The number of rotatable bonds is 10. The first-order valence-corrected chi connectivity index (χ1v) is 9.98. The van der Waals surface area contributed by atoms with E-state index >= 15 is 0 Å². The van der Waals surface area contributed by atoms with Crippen LogP contribution < -0.4 is 20.7 Å². The highest BCUT2D eigenvalue weighted by Gasteiger charge is 2.15. The molecule has 0 spiro atoms. The number of guanidine groups is 1. The van der Waals surface area contributed by atoms with Crippen LogP contribution in [-0.4, -0.2) is 69.9 Å². The third-order valence-electron chi connectivity index (χ3n) is 3.75. The number of ether oxygens (including phenoxy) is 2. The van der Waals surface area contributed by atoms with E-state index in [1.807, 2.05) is 59.1 Å². The van der Waals surface area contributed by atoms with Gasteiger partial charge in [-0.15, -0.1) is 0 Å². The van der Waals surface area contributed by atoms with Crippen molar-refractivity contribution < 1.29 is 14.3 Å². The smallest absolute Gasteiger partial charge is 0.407 e. The van der Waals surface area contributed by atoms with Crippen molar-refractivity contribution >= 4 is 12.1 Å². The van der Waals surface area contributed by atoms with Crippen LogP contribution in [0, 0.1) is 0 Å². The van der Waals surface area contributed by atoms with Gasteiger partial charge in [0.25, 0.3) is 0 Å². The summed E-state index contributed by atoms with van der Waals surface area (Å²) in [5.74, 6) is 1.57. The summed E-state index contributed by atoms with van der Waals surface area (Å²) in [6.07, 6.45) is 0.357. The van der Waals surface area contributed by atoms with E-state index in [-0.39, 0.29) is 0 Å². The Morgan fingerprint density at radius 1 is 1.10 bits per heavy atom. The summed E-state index contributed by atoms with van der Waals surface area (Å²) in [7, 11) is 5.78. The highest BCUT2D eigenvalue weighted by Crippen LogP contribution is 2.17. The van der Waals surface area contributed by atoms with Gasteiger partial charge in [-0.1, -0.05) is 18.2 Å². The first-order chi connectivity index (χ1) is 13.7. The van der Waals surface area contributed by atoms with Crippen LogP contribution in [0.3, 0.4) is 0 Å². The molecule has 0 aliphatic rings. The molecule has 1 aromatic rings. The van der Waals surface area contributed by atoms with Crippen LogP contribution in [0.1, 0.15) is 32.8 Å². The SMILES string of the molecule is CN=C(NCCCNC(=O)OC(C)(C)C)NCc1ccccc1OCCN(C)C. The van der Waals surface area contributed by atoms with E-state index in [4.69, 9.17) is 9.47 Å². The second-order valence-electron chi connectivity index (χ2n) is 7.89. The minimum Gasteiger partial charge on any atom is -0.492 e. The van der Waals surface area contributed by atoms with Crippen LogP contribution in [-0.2, 0) is 11.3 Å². The third kappa shape index (κ3) is 11.8. The Balaban J connectivity index is 2.34. The zero-order valence-corrected chi connectivity index (χ0v) is 18.7. The maximum atomic E-state index is 11.6. The van der Waals surface area contributed by atoms with Crippen LogP contribution in [0.5, 0.6) is 5.75 Å². The molecule has 29 heavy (non-hydrogen) atoms. The predicted octanol–water partition coefficient (Wildman–Crippen LogP) is 2.21. The molecule has 0 bridgehead atoms. The number of para-hydroxylation sites is 1. The van der Waals surface area contributed by atoms with E-state index in [0.717, 1.165) is 24.3 Å². The molecule has 3 N–H and O–H groups in total. The zero-order valence-electron chi connectivity index (χ0n) is 18.7. The summed E-state index contributed by atoms with van der Waals surface area (Å²) in [6, 6.07) is 7.98. The van der Waals surface area contributed by atoms with Crippen LogP contribution in [0.4, 0.5) is 4.79 Å². The third-order valence-corrected chi connectivity index (χ3v) is 3.75. The standard InChI is InChI=1S/C21H37N5O3/c1-21(2,3)29-20(27)24-13-9-12-23-19(22-4)25-16-17-10-7-8-11-18(17)28-15-14-26(5)6/h7-8,10-11H,9,12-16H2,1-6H3,(H,24,27)(H2,22,23,25). The quantitative estimate of drug-likeness (QED) is 0.313. The van der Waals surface area contributed by atoms with E-state index < -0.39 is 11.7 Å². The second kappa shape index (κ2) is 12.9. The molecule has 0 heterocycles. The van der Waals surface area contributed by atoms with Crippen molar-refractivity contribution in [3.05, 3.63) is 29.8 Å². The lowest BCUT2D eigenvalue weighted by Crippen LogP contribution is -2.39. The van der Waals surface area contributed by atoms with Gasteiger partial charge in [-0.25, -0.2) is 4.79 Å².